The maximum absolute atomic E-state index is 11.9. The van der Waals surface area contributed by atoms with Crippen molar-refractivity contribution in [2.45, 2.75) is 59.2 Å². The molecule has 0 aliphatic rings. The third-order valence-electron chi connectivity index (χ3n) is 1.78. The van der Waals surface area contributed by atoms with Crippen molar-refractivity contribution in [3.8, 4) is 0 Å². The van der Waals surface area contributed by atoms with Crippen molar-refractivity contribution < 1.29 is 19.1 Å². The summed E-state index contributed by atoms with van der Waals surface area (Å²) in [6.45, 7) is 14.1. The summed E-state index contributed by atoms with van der Waals surface area (Å²) in [5, 5.41) is 0. The molecular formula is C14H24O4. The van der Waals surface area contributed by atoms with Crippen LogP contribution in [0.1, 0.15) is 48.0 Å². The Hall–Kier alpha value is -1.32. The smallest absolute Gasteiger partial charge is 0.321 e. The molecule has 0 spiro atoms. The number of hydrogen-bond acceptors (Lipinski definition) is 4. The van der Waals surface area contributed by atoms with Crippen LogP contribution in [0.15, 0.2) is 12.7 Å². The molecule has 0 rings (SSSR count). The fourth-order valence-corrected chi connectivity index (χ4v) is 1.20. The predicted molar refractivity (Wildman–Crippen MR) is 70.0 cm³/mol. The van der Waals surface area contributed by atoms with Crippen molar-refractivity contribution in [2.24, 2.45) is 5.92 Å². The van der Waals surface area contributed by atoms with Gasteiger partial charge in [0, 0.05) is 0 Å². The van der Waals surface area contributed by atoms with E-state index in [0.29, 0.717) is 0 Å². The van der Waals surface area contributed by atoms with Gasteiger partial charge in [-0.1, -0.05) is 6.08 Å². The van der Waals surface area contributed by atoms with Crippen LogP contribution in [0.5, 0.6) is 0 Å². The monoisotopic (exact) mass is 256 g/mol. The summed E-state index contributed by atoms with van der Waals surface area (Å²) in [4.78, 5) is 23.8. The third kappa shape index (κ3) is 7.09. The standard InChI is InChI=1S/C14H24O4/c1-8-9-10(11(15)17-13(2,3)4)12(16)18-14(5,6)7/h8,10H,1,9H2,2-7H3. The molecule has 104 valence electrons. The molecule has 0 aliphatic heterocycles. The maximum Gasteiger partial charge on any atom is 0.321 e. The molecule has 0 aromatic rings. The minimum Gasteiger partial charge on any atom is -0.459 e. The van der Waals surface area contributed by atoms with E-state index in [2.05, 4.69) is 6.58 Å². The molecule has 4 nitrogen and oxygen atoms in total. The summed E-state index contributed by atoms with van der Waals surface area (Å²) in [5.41, 5.74) is -1.25. The van der Waals surface area contributed by atoms with E-state index < -0.39 is 29.1 Å². The first kappa shape index (κ1) is 16.7. The molecule has 0 aromatic carbocycles. The highest BCUT2D eigenvalue weighted by Crippen LogP contribution is 2.18. The second kappa shape index (κ2) is 6.03. The molecule has 0 N–H and O–H groups in total. The summed E-state index contributed by atoms with van der Waals surface area (Å²) >= 11 is 0. The average Bonchev–Trinajstić information content (AvgIpc) is 2.07. The van der Waals surface area contributed by atoms with Gasteiger partial charge in [0.2, 0.25) is 0 Å². The zero-order chi connectivity index (χ0) is 14.6. The Morgan fingerprint density at radius 2 is 1.33 bits per heavy atom. The summed E-state index contributed by atoms with van der Waals surface area (Å²) < 4.78 is 10.4. The van der Waals surface area contributed by atoms with Gasteiger partial charge in [-0.15, -0.1) is 6.58 Å². The lowest BCUT2D eigenvalue weighted by atomic mass is 10.0. The number of rotatable bonds is 4. The number of carbonyl (C=O) groups excluding carboxylic acids is 2. The van der Waals surface area contributed by atoms with Crippen LogP contribution in [0.4, 0.5) is 0 Å². The summed E-state index contributed by atoms with van der Waals surface area (Å²) in [7, 11) is 0. The van der Waals surface area contributed by atoms with E-state index in [4.69, 9.17) is 9.47 Å². The second-order valence-electron chi connectivity index (χ2n) is 6.14. The molecule has 4 heteroatoms. The lowest BCUT2D eigenvalue weighted by Crippen LogP contribution is -2.36. The van der Waals surface area contributed by atoms with Gasteiger partial charge >= 0.3 is 11.9 Å². The van der Waals surface area contributed by atoms with Gasteiger partial charge in [0.1, 0.15) is 11.2 Å². The van der Waals surface area contributed by atoms with Crippen molar-refractivity contribution in [3.63, 3.8) is 0 Å². The van der Waals surface area contributed by atoms with Crippen LogP contribution >= 0.6 is 0 Å². The first-order chi connectivity index (χ1) is 7.96. The van der Waals surface area contributed by atoms with Gasteiger partial charge in [0.25, 0.3) is 0 Å². The Morgan fingerprint density at radius 3 is 1.56 bits per heavy atom. The van der Waals surface area contributed by atoms with Gasteiger partial charge in [-0.25, -0.2) is 0 Å². The molecule has 0 saturated heterocycles. The number of carbonyl (C=O) groups is 2. The van der Waals surface area contributed by atoms with Crippen molar-refractivity contribution in [2.75, 3.05) is 0 Å². The van der Waals surface area contributed by atoms with E-state index in [-0.39, 0.29) is 6.42 Å². The fourth-order valence-electron chi connectivity index (χ4n) is 1.20. The van der Waals surface area contributed by atoms with E-state index in [0.717, 1.165) is 0 Å². The minimum absolute atomic E-state index is 0.212. The molecule has 0 aliphatic carbocycles. The largest absolute Gasteiger partial charge is 0.459 e. The summed E-state index contributed by atoms with van der Waals surface area (Å²) in [6.07, 6.45) is 1.72. The zero-order valence-corrected chi connectivity index (χ0v) is 12.2. The quantitative estimate of drug-likeness (QED) is 0.441. The first-order valence-electron chi connectivity index (χ1n) is 6.03. The van der Waals surface area contributed by atoms with E-state index >= 15 is 0 Å². The van der Waals surface area contributed by atoms with Crippen LogP contribution < -0.4 is 0 Å². The molecule has 0 heterocycles. The summed E-state index contributed by atoms with van der Waals surface area (Å²) in [5.74, 6) is -2.09. The highest BCUT2D eigenvalue weighted by molar-refractivity contribution is 5.95. The van der Waals surface area contributed by atoms with Crippen molar-refractivity contribution in [3.05, 3.63) is 12.7 Å². The van der Waals surface area contributed by atoms with E-state index in [1.165, 1.54) is 6.08 Å². The molecule has 0 unspecified atom stereocenters. The molecule has 0 bridgehead atoms. The molecule has 0 amide bonds. The number of ether oxygens (including phenoxy) is 2. The van der Waals surface area contributed by atoms with Crippen LogP contribution in [-0.4, -0.2) is 23.1 Å². The number of hydrogen-bond donors (Lipinski definition) is 0. The van der Waals surface area contributed by atoms with Gasteiger partial charge < -0.3 is 9.47 Å². The third-order valence-corrected chi connectivity index (χ3v) is 1.78. The Bertz CT molecular complexity index is 290. The Labute approximate surface area is 109 Å². The van der Waals surface area contributed by atoms with Gasteiger partial charge in [0.05, 0.1) is 0 Å². The summed E-state index contributed by atoms with van der Waals surface area (Å²) in [6, 6.07) is 0. The molecule has 0 saturated carbocycles. The Balaban J connectivity index is 4.80. The van der Waals surface area contributed by atoms with E-state index in [9.17, 15) is 9.59 Å². The zero-order valence-electron chi connectivity index (χ0n) is 12.2. The fraction of sp³-hybridized carbons (Fsp3) is 0.714. The SMILES string of the molecule is C=CCC(C(=O)OC(C)(C)C)C(=O)OC(C)(C)C. The van der Waals surface area contributed by atoms with Gasteiger partial charge in [0.15, 0.2) is 5.92 Å². The van der Waals surface area contributed by atoms with Gasteiger partial charge in [-0.2, -0.15) is 0 Å². The molecule has 0 radical (unpaired) electrons. The second-order valence-corrected chi connectivity index (χ2v) is 6.14. The Morgan fingerprint density at radius 1 is 1.00 bits per heavy atom. The number of allylic oxidation sites excluding steroid dienone is 1. The van der Waals surface area contributed by atoms with E-state index in [1.54, 1.807) is 41.5 Å². The molecule has 0 atom stereocenters. The molecule has 18 heavy (non-hydrogen) atoms. The molecule has 0 aromatic heterocycles. The molecular weight excluding hydrogens is 232 g/mol. The van der Waals surface area contributed by atoms with Gasteiger partial charge in [-0.05, 0) is 48.0 Å². The first-order valence-corrected chi connectivity index (χ1v) is 6.03. The van der Waals surface area contributed by atoms with Crippen LogP contribution in [0.3, 0.4) is 0 Å². The van der Waals surface area contributed by atoms with Crippen LogP contribution in [-0.2, 0) is 19.1 Å². The van der Waals surface area contributed by atoms with Crippen molar-refractivity contribution in [1.82, 2.24) is 0 Å². The lowest BCUT2D eigenvalue weighted by Gasteiger charge is -2.25. The lowest BCUT2D eigenvalue weighted by molar-refractivity contribution is -0.174. The van der Waals surface area contributed by atoms with Crippen molar-refractivity contribution in [1.29, 1.82) is 0 Å². The van der Waals surface area contributed by atoms with Crippen LogP contribution in [0.25, 0.3) is 0 Å². The van der Waals surface area contributed by atoms with Crippen LogP contribution in [0, 0.1) is 5.92 Å². The predicted octanol–water partition coefficient (Wildman–Crippen LogP) is 2.86. The van der Waals surface area contributed by atoms with E-state index in [1.807, 2.05) is 0 Å². The maximum atomic E-state index is 11.9. The average molecular weight is 256 g/mol. The Kier molecular flexibility index (Phi) is 5.58. The highest BCUT2D eigenvalue weighted by Gasteiger charge is 2.33. The topological polar surface area (TPSA) is 52.6 Å². The highest BCUT2D eigenvalue weighted by atomic mass is 16.6. The minimum atomic E-state index is -0.944. The normalized spacial score (nSPS) is 12.2. The molecule has 0 fully saturated rings. The number of esters is 2. The van der Waals surface area contributed by atoms with Gasteiger partial charge in [-0.3, -0.25) is 9.59 Å². The van der Waals surface area contributed by atoms with Crippen LogP contribution in [0.2, 0.25) is 0 Å². The van der Waals surface area contributed by atoms with Crippen molar-refractivity contribution >= 4 is 11.9 Å².